The normalized spacial score (nSPS) is 23.4. The number of methoxy groups -OCH3 is 2. The average molecular weight is 352 g/mol. The second kappa shape index (κ2) is 6.71. The molecule has 26 heavy (non-hydrogen) atoms. The van der Waals surface area contributed by atoms with Crippen LogP contribution in [0.3, 0.4) is 0 Å². The second-order valence-electron chi connectivity index (χ2n) is 6.29. The first-order valence-electron chi connectivity index (χ1n) is 8.22. The molecule has 6 nitrogen and oxygen atoms in total. The minimum Gasteiger partial charge on any atom is -0.469 e. The summed E-state index contributed by atoms with van der Waals surface area (Å²) in [7, 11) is 2.56. The Bertz CT molecular complexity index is 796. The fraction of sp³-hybridized carbons (Fsp3) is 0.300. The zero-order valence-electron chi connectivity index (χ0n) is 14.9. The number of hydrogen-bond acceptors (Lipinski definition) is 6. The second-order valence-corrected chi connectivity index (χ2v) is 6.29. The molecule has 0 saturated carbocycles. The Morgan fingerprint density at radius 2 is 1.35 bits per heavy atom. The first-order chi connectivity index (χ1) is 12.5. The SMILES string of the molecule is COC(=O)[C@@H]1C(c2ccccc2)(c2ccccc2)N=N[C@@]1(C)C(=O)OC. The monoisotopic (exact) mass is 352 g/mol. The maximum absolute atomic E-state index is 12.9. The number of esters is 2. The largest absolute Gasteiger partial charge is 0.469 e. The number of carbonyl (C=O) groups excluding carboxylic acids is 2. The van der Waals surface area contributed by atoms with Crippen LogP contribution in [0.1, 0.15) is 18.1 Å². The molecule has 6 heteroatoms. The number of benzene rings is 2. The molecule has 2 aromatic carbocycles. The Hall–Kier alpha value is -3.02. The molecular weight excluding hydrogens is 332 g/mol. The predicted molar refractivity (Wildman–Crippen MR) is 94.4 cm³/mol. The van der Waals surface area contributed by atoms with Crippen LogP contribution in [0.5, 0.6) is 0 Å². The lowest BCUT2D eigenvalue weighted by molar-refractivity contribution is -0.159. The van der Waals surface area contributed by atoms with Crippen molar-refractivity contribution in [2.45, 2.75) is 18.0 Å². The van der Waals surface area contributed by atoms with Gasteiger partial charge in [0.1, 0.15) is 11.5 Å². The van der Waals surface area contributed by atoms with Crippen molar-refractivity contribution in [3.05, 3.63) is 71.8 Å². The highest BCUT2D eigenvalue weighted by Crippen LogP contribution is 2.52. The summed E-state index contributed by atoms with van der Waals surface area (Å²) in [4.78, 5) is 25.4. The van der Waals surface area contributed by atoms with E-state index in [1.54, 1.807) is 6.92 Å². The lowest BCUT2D eigenvalue weighted by atomic mass is 9.67. The van der Waals surface area contributed by atoms with E-state index in [9.17, 15) is 9.59 Å². The smallest absolute Gasteiger partial charge is 0.336 e. The van der Waals surface area contributed by atoms with Gasteiger partial charge in [0, 0.05) is 0 Å². The number of carbonyl (C=O) groups is 2. The summed E-state index contributed by atoms with van der Waals surface area (Å²) in [5.41, 5.74) is -1.18. The molecule has 0 aromatic heterocycles. The Morgan fingerprint density at radius 1 is 0.846 bits per heavy atom. The van der Waals surface area contributed by atoms with Gasteiger partial charge in [-0.2, -0.15) is 10.2 Å². The maximum Gasteiger partial charge on any atom is 0.336 e. The van der Waals surface area contributed by atoms with Gasteiger partial charge in [-0.05, 0) is 18.1 Å². The molecule has 2 aromatic rings. The molecule has 0 amide bonds. The van der Waals surface area contributed by atoms with Gasteiger partial charge in [0.2, 0.25) is 0 Å². The van der Waals surface area contributed by atoms with Crippen molar-refractivity contribution in [3.8, 4) is 0 Å². The topological polar surface area (TPSA) is 77.3 Å². The van der Waals surface area contributed by atoms with E-state index in [0.717, 1.165) is 11.1 Å². The van der Waals surface area contributed by atoms with Crippen LogP contribution in [0.15, 0.2) is 70.9 Å². The van der Waals surface area contributed by atoms with Crippen LogP contribution in [-0.2, 0) is 24.6 Å². The molecule has 3 rings (SSSR count). The summed E-state index contributed by atoms with van der Waals surface area (Å²) in [6, 6.07) is 18.7. The summed E-state index contributed by atoms with van der Waals surface area (Å²) in [5.74, 6) is -2.21. The van der Waals surface area contributed by atoms with E-state index in [-0.39, 0.29) is 0 Å². The Morgan fingerprint density at radius 3 is 1.77 bits per heavy atom. The summed E-state index contributed by atoms with van der Waals surface area (Å²) >= 11 is 0. The van der Waals surface area contributed by atoms with E-state index in [1.165, 1.54) is 14.2 Å². The van der Waals surface area contributed by atoms with Crippen LogP contribution in [0.2, 0.25) is 0 Å². The highest BCUT2D eigenvalue weighted by molar-refractivity contribution is 5.91. The third kappa shape index (κ3) is 2.49. The molecule has 1 heterocycles. The first-order valence-corrected chi connectivity index (χ1v) is 8.22. The zero-order chi connectivity index (χ0) is 18.8. The van der Waals surface area contributed by atoms with Gasteiger partial charge >= 0.3 is 11.9 Å². The van der Waals surface area contributed by atoms with Crippen molar-refractivity contribution in [1.29, 1.82) is 0 Å². The highest BCUT2D eigenvalue weighted by atomic mass is 16.5. The van der Waals surface area contributed by atoms with Gasteiger partial charge in [-0.3, -0.25) is 4.79 Å². The van der Waals surface area contributed by atoms with Crippen LogP contribution >= 0.6 is 0 Å². The summed E-state index contributed by atoms with van der Waals surface area (Å²) in [5, 5.41) is 8.75. The molecule has 0 spiro atoms. The van der Waals surface area contributed by atoms with Gasteiger partial charge in [-0.25, -0.2) is 4.79 Å². The van der Waals surface area contributed by atoms with Gasteiger partial charge in [-0.1, -0.05) is 60.7 Å². The number of azo groups is 1. The molecule has 1 aliphatic rings. The molecule has 0 bridgehead atoms. The molecule has 0 saturated heterocycles. The molecular formula is C20H20N2O4. The van der Waals surface area contributed by atoms with Gasteiger partial charge in [0.25, 0.3) is 0 Å². The fourth-order valence-electron chi connectivity index (χ4n) is 3.59. The fourth-order valence-corrected chi connectivity index (χ4v) is 3.59. The highest BCUT2D eigenvalue weighted by Gasteiger charge is 2.64. The summed E-state index contributed by atoms with van der Waals surface area (Å²) in [6.45, 7) is 1.55. The molecule has 2 atom stereocenters. The van der Waals surface area contributed by atoms with E-state index in [1.807, 2.05) is 60.7 Å². The zero-order valence-corrected chi connectivity index (χ0v) is 14.9. The Kier molecular flexibility index (Phi) is 4.59. The quantitative estimate of drug-likeness (QED) is 0.792. The van der Waals surface area contributed by atoms with Crippen molar-refractivity contribution in [1.82, 2.24) is 0 Å². The molecule has 0 fully saturated rings. The first kappa shape index (κ1) is 17.8. The molecule has 0 unspecified atom stereocenters. The number of hydrogen-bond donors (Lipinski definition) is 0. The molecule has 1 aliphatic heterocycles. The number of rotatable bonds is 4. The predicted octanol–water partition coefficient (Wildman–Crippen LogP) is 3.12. The van der Waals surface area contributed by atoms with Crippen molar-refractivity contribution >= 4 is 11.9 Å². The third-order valence-electron chi connectivity index (χ3n) is 4.86. The summed E-state index contributed by atoms with van der Waals surface area (Å²) in [6.07, 6.45) is 0. The molecule has 134 valence electrons. The minimum absolute atomic E-state index is 0.574. The lowest BCUT2D eigenvalue weighted by Gasteiger charge is -2.35. The number of nitrogens with zero attached hydrogens (tertiary/aromatic N) is 2. The van der Waals surface area contributed by atoms with Gasteiger partial charge < -0.3 is 9.47 Å². The molecule has 0 N–H and O–H groups in total. The van der Waals surface area contributed by atoms with Gasteiger partial charge in [0.05, 0.1) is 14.2 Å². The van der Waals surface area contributed by atoms with Crippen molar-refractivity contribution in [2.24, 2.45) is 16.1 Å². The minimum atomic E-state index is -1.49. The Labute approximate surface area is 151 Å². The molecule has 0 radical (unpaired) electrons. The van der Waals surface area contributed by atoms with Crippen molar-refractivity contribution < 1.29 is 19.1 Å². The van der Waals surface area contributed by atoms with Gasteiger partial charge in [0.15, 0.2) is 5.54 Å². The van der Waals surface area contributed by atoms with E-state index in [0.29, 0.717) is 0 Å². The standard InChI is InChI=1S/C20H20N2O4/c1-19(18(24)26-3)16(17(23)25-2)20(22-21-19,14-10-6-4-7-11-14)15-12-8-5-9-13-15/h4-13,16H,1-3H3/t16-,19+/m0/s1. The van der Waals surface area contributed by atoms with E-state index in [4.69, 9.17) is 9.47 Å². The summed E-state index contributed by atoms with van der Waals surface area (Å²) < 4.78 is 9.98. The van der Waals surface area contributed by atoms with Gasteiger partial charge in [-0.15, -0.1) is 0 Å². The van der Waals surface area contributed by atoms with Crippen molar-refractivity contribution in [2.75, 3.05) is 14.2 Å². The van der Waals surface area contributed by atoms with E-state index >= 15 is 0 Å². The van der Waals surface area contributed by atoms with Crippen molar-refractivity contribution in [3.63, 3.8) is 0 Å². The van der Waals surface area contributed by atoms with E-state index < -0.39 is 28.9 Å². The van der Waals surface area contributed by atoms with Crippen LogP contribution in [-0.4, -0.2) is 31.7 Å². The Balaban J connectivity index is 2.32. The third-order valence-corrected chi connectivity index (χ3v) is 4.86. The molecule has 0 aliphatic carbocycles. The van der Waals surface area contributed by atoms with Crippen LogP contribution < -0.4 is 0 Å². The number of ether oxygens (including phenoxy) is 2. The lowest BCUT2D eigenvalue weighted by Crippen LogP contribution is -2.52. The average Bonchev–Trinajstić information content (AvgIpc) is 3.03. The maximum atomic E-state index is 12.9. The van der Waals surface area contributed by atoms with E-state index in [2.05, 4.69) is 10.2 Å². The van der Waals surface area contributed by atoms with Crippen LogP contribution in [0.4, 0.5) is 0 Å². The van der Waals surface area contributed by atoms with Crippen LogP contribution in [0.25, 0.3) is 0 Å². The van der Waals surface area contributed by atoms with Crippen LogP contribution in [0, 0.1) is 5.92 Å².